The molecule has 1 amide bonds. The number of hydrogen-bond acceptors (Lipinski definition) is 3. The van der Waals surface area contributed by atoms with Gasteiger partial charge in [-0.2, -0.15) is 0 Å². The minimum absolute atomic E-state index is 0.00828. The van der Waals surface area contributed by atoms with Crippen LogP contribution in [0.2, 0.25) is 5.02 Å². The Morgan fingerprint density at radius 1 is 1.15 bits per heavy atom. The summed E-state index contributed by atoms with van der Waals surface area (Å²) in [4.78, 5) is 14.6. The average molecular weight is 387 g/mol. The van der Waals surface area contributed by atoms with Crippen molar-refractivity contribution in [2.45, 2.75) is 37.3 Å². The highest BCUT2D eigenvalue weighted by atomic mass is 35.5. The third-order valence-electron chi connectivity index (χ3n) is 5.51. The maximum atomic E-state index is 12.3. The Hall–Kier alpha value is -2.04. The molecule has 0 atom stereocenters. The standard InChI is InChI=1S/C22H27ClN2O2/c1-25(2)22(17-7-4-3-5-8-17)13-11-19(12-14-22)24-21(26)16-27-20-10-6-9-18(23)15-20/h3-10,15,19H,11-14,16H2,1-2H3,(H,24,26). The summed E-state index contributed by atoms with van der Waals surface area (Å²) in [6, 6.07) is 17.9. The highest BCUT2D eigenvalue weighted by Gasteiger charge is 2.38. The number of amides is 1. The highest BCUT2D eigenvalue weighted by molar-refractivity contribution is 6.30. The van der Waals surface area contributed by atoms with Gasteiger partial charge < -0.3 is 10.1 Å². The number of halogens is 1. The quantitative estimate of drug-likeness (QED) is 0.807. The van der Waals surface area contributed by atoms with Crippen LogP contribution in [0.3, 0.4) is 0 Å². The fraction of sp³-hybridized carbons (Fsp3) is 0.409. The van der Waals surface area contributed by atoms with E-state index >= 15 is 0 Å². The summed E-state index contributed by atoms with van der Waals surface area (Å²) >= 11 is 5.93. The summed E-state index contributed by atoms with van der Waals surface area (Å²) in [5.41, 5.74) is 1.39. The molecule has 2 aromatic carbocycles. The molecule has 0 saturated heterocycles. The number of ether oxygens (including phenoxy) is 1. The largest absolute Gasteiger partial charge is 0.484 e. The summed E-state index contributed by atoms with van der Waals surface area (Å²) in [5, 5.41) is 3.71. The van der Waals surface area contributed by atoms with Gasteiger partial charge in [0.25, 0.3) is 5.91 Å². The normalized spacial score (nSPS) is 22.4. The van der Waals surface area contributed by atoms with E-state index in [0.29, 0.717) is 10.8 Å². The molecule has 0 spiro atoms. The lowest BCUT2D eigenvalue weighted by molar-refractivity contribution is -0.124. The van der Waals surface area contributed by atoms with Crippen molar-refractivity contribution in [2.24, 2.45) is 0 Å². The monoisotopic (exact) mass is 386 g/mol. The molecule has 3 rings (SSSR count). The first kappa shape index (κ1) is 19.7. The number of nitrogens with zero attached hydrogens (tertiary/aromatic N) is 1. The highest BCUT2D eigenvalue weighted by Crippen LogP contribution is 2.40. The van der Waals surface area contributed by atoms with E-state index in [1.807, 2.05) is 0 Å². The van der Waals surface area contributed by atoms with Gasteiger partial charge in [0, 0.05) is 16.6 Å². The number of carbonyl (C=O) groups excluding carboxylic acids is 1. The van der Waals surface area contributed by atoms with Gasteiger partial charge in [-0.15, -0.1) is 0 Å². The molecule has 1 N–H and O–H groups in total. The second-order valence-electron chi connectivity index (χ2n) is 7.38. The molecule has 0 bridgehead atoms. The van der Waals surface area contributed by atoms with Gasteiger partial charge in [-0.05, 0) is 63.5 Å². The van der Waals surface area contributed by atoms with E-state index in [4.69, 9.17) is 16.3 Å². The molecule has 1 aliphatic carbocycles. The molecule has 0 aromatic heterocycles. The van der Waals surface area contributed by atoms with Crippen molar-refractivity contribution in [2.75, 3.05) is 20.7 Å². The van der Waals surface area contributed by atoms with Gasteiger partial charge in [0.1, 0.15) is 5.75 Å². The Kier molecular flexibility index (Phi) is 6.40. The third kappa shape index (κ3) is 4.82. The van der Waals surface area contributed by atoms with E-state index in [0.717, 1.165) is 25.7 Å². The molecule has 1 saturated carbocycles. The van der Waals surface area contributed by atoms with Crippen LogP contribution in [0, 0.1) is 0 Å². The molecule has 0 heterocycles. The fourth-order valence-corrected chi connectivity index (χ4v) is 4.14. The Morgan fingerprint density at radius 2 is 1.85 bits per heavy atom. The van der Waals surface area contributed by atoms with Gasteiger partial charge in [0.05, 0.1) is 0 Å². The Balaban J connectivity index is 1.53. The van der Waals surface area contributed by atoms with Crippen LogP contribution in [0.1, 0.15) is 31.2 Å². The van der Waals surface area contributed by atoms with Crippen LogP contribution in [0.4, 0.5) is 0 Å². The summed E-state index contributed by atoms with van der Waals surface area (Å²) in [5.74, 6) is 0.522. The molecular formula is C22H27ClN2O2. The second-order valence-corrected chi connectivity index (χ2v) is 7.82. The molecule has 144 valence electrons. The molecule has 5 heteroatoms. The number of carbonyl (C=O) groups is 1. The van der Waals surface area contributed by atoms with E-state index in [1.54, 1.807) is 24.3 Å². The number of benzene rings is 2. The van der Waals surface area contributed by atoms with Gasteiger partial charge in [0.15, 0.2) is 6.61 Å². The van der Waals surface area contributed by atoms with E-state index < -0.39 is 0 Å². The van der Waals surface area contributed by atoms with Crippen molar-refractivity contribution in [3.05, 3.63) is 65.2 Å². The molecule has 2 aromatic rings. The van der Waals surface area contributed by atoms with Gasteiger partial charge in [-0.25, -0.2) is 0 Å². The van der Waals surface area contributed by atoms with Crippen molar-refractivity contribution >= 4 is 17.5 Å². The third-order valence-corrected chi connectivity index (χ3v) is 5.75. The van der Waals surface area contributed by atoms with Crippen LogP contribution in [-0.2, 0) is 10.3 Å². The topological polar surface area (TPSA) is 41.6 Å². The predicted octanol–water partition coefficient (Wildman–Crippen LogP) is 4.23. The van der Waals surface area contributed by atoms with Gasteiger partial charge >= 0.3 is 0 Å². The van der Waals surface area contributed by atoms with E-state index in [2.05, 4.69) is 54.6 Å². The van der Waals surface area contributed by atoms with E-state index in [9.17, 15) is 4.79 Å². The average Bonchev–Trinajstić information content (AvgIpc) is 2.68. The molecule has 1 aliphatic rings. The number of rotatable bonds is 6. The first-order valence-corrected chi connectivity index (χ1v) is 9.78. The number of hydrogen-bond donors (Lipinski definition) is 1. The van der Waals surface area contributed by atoms with Crippen molar-refractivity contribution in [1.29, 1.82) is 0 Å². The maximum Gasteiger partial charge on any atom is 0.258 e. The Bertz CT molecular complexity index is 756. The zero-order valence-corrected chi connectivity index (χ0v) is 16.7. The van der Waals surface area contributed by atoms with Crippen molar-refractivity contribution in [1.82, 2.24) is 10.2 Å². The van der Waals surface area contributed by atoms with Crippen molar-refractivity contribution < 1.29 is 9.53 Å². The van der Waals surface area contributed by atoms with Crippen LogP contribution in [-0.4, -0.2) is 37.6 Å². The van der Waals surface area contributed by atoms with Crippen molar-refractivity contribution in [3.63, 3.8) is 0 Å². The first-order chi connectivity index (χ1) is 13.0. The van der Waals surface area contributed by atoms with E-state index in [1.165, 1.54) is 5.56 Å². The lowest BCUT2D eigenvalue weighted by atomic mass is 9.74. The SMILES string of the molecule is CN(C)C1(c2ccccc2)CCC(NC(=O)COc2cccc(Cl)c2)CC1. The van der Waals surface area contributed by atoms with Gasteiger partial charge in [0.2, 0.25) is 0 Å². The van der Waals surface area contributed by atoms with Gasteiger partial charge in [-0.3, -0.25) is 9.69 Å². The van der Waals surface area contributed by atoms with Crippen LogP contribution in [0.25, 0.3) is 0 Å². The minimum atomic E-state index is -0.0861. The summed E-state index contributed by atoms with van der Waals surface area (Å²) in [7, 11) is 4.29. The molecule has 0 unspecified atom stereocenters. The first-order valence-electron chi connectivity index (χ1n) is 9.40. The second kappa shape index (κ2) is 8.77. The summed E-state index contributed by atoms with van der Waals surface area (Å²) < 4.78 is 5.53. The molecule has 0 aliphatic heterocycles. The lowest BCUT2D eigenvalue weighted by Crippen LogP contribution is -2.49. The number of nitrogens with one attached hydrogen (secondary N) is 1. The van der Waals surface area contributed by atoms with Crippen LogP contribution >= 0.6 is 11.6 Å². The fourth-order valence-electron chi connectivity index (χ4n) is 3.96. The lowest BCUT2D eigenvalue weighted by Gasteiger charge is -2.45. The molecular weight excluding hydrogens is 360 g/mol. The molecule has 0 radical (unpaired) electrons. The Morgan fingerprint density at radius 3 is 2.48 bits per heavy atom. The Labute approximate surface area is 166 Å². The predicted molar refractivity (Wildman–Crippen MR) is 109 cm³/mol. The van der Waals surface area contributed by atoms with E-state index in [-0.39, 0.29) is 24.1 Å². The molecule has 27 heavy (non-hydrogen) atoms. The van der Waals surface area contributed by atoms with Crippen LogP contribution < -0.4 is 10.1 Å². The van der Waals surface area contributed by atoms with Crippen LogP contribution in [0.5, 0.6) is 5.75 Å². The van der Waals surface area contributed by atoms with Gasteiger partial charge in [-0.1, -0.05) is 48.0 Å². The minimum Gasteiger partial charge on any atom is -0.484 e. The maximum absolute atomic E-state index is 12.3. The zero-order chi connectivity index (χ0) is 19.3. The summed E-state index contributed by atoms with van der Waals surface area (Å²) in [6.07, 6.45) is 3.94. The smallest absolute Gasteiger partial charge is 0.258 e. The molecule has 1 fully saturated rings. The zero-order valence-electron chi connectivity index (χ0n) is 16.0. The summed E-state index contributed by atoms with van der Waals surface area (Å²) in [6.45, 7) is 0.00828. The van der Waals surface area contributed by atoms with Crippen molar-refractivity contribution in [3.8, 4) is 5.75 Å². The molecule has 4 nitrogen and oxygen atoms in total. The van der Waals surface area contributed by atoms with Crippen LogP contribution in [0.15, 0.2) is 54.6 Å².